The molecule has 2 N–H and O–H groups in total. The zero-order chi connectivity index (χ0) is 20.1. The topological polar surface area (TPSA) is 88.9 Å². The van der Waals surface area contributed by atoms with E-state index in [1.165, 1.54) is 29.1 Å². The van der Waals surface area contributed by atoms with E-state index in [2.05, 4.69) is 20.7 Å². The number of hydrogen-bond donors (Lipinski definition) is 2. The number of carbonyl (C=O) groups excluding carboxylic acids is 2. The Labute approximate surface area is 171 Å². The van der Waals surface area contributed by atoms with E-state index in [0.717, 1.165) is 4.90 Å². The molecule has 0 bridgehead atoms. The van der Waals surface area contributed by atoms with Gasteiger partial charge in [0.25, 0.3) is 5.91 Å². The van der Waals surface area contributed by atoms with Gasteiger partial charge in [0.15, 0.2) is 0 Å². The average Bonchev–Trinajstić information content (AvgIpc) is 3.24. The molecule has 0 radical (unpaired) electrons. The number of amides is 2. The summed E-state index contributed by atoms with van der Waals surface area (Å²) in [6.07, 6.45) is 4.80. The highest BCUT2D eigenvalue weighted by Gasteiger charge is 2.16. The first-order valence-corrected chi connectivity index (χ1v) is 9.98. The van der Waals surface area contributed by atoms with E-state index in [0.29, 0.717) is 22.0 Å². The second-order valence-corrected chi connectivity index (χ2v) is 7.20. The molecule has 0 fully saturated rings. The minimum absolute atomic E-state index is 0.219. The highest BCUT2D eigenvalue weighted by Crippen LogP contribution is 2.24. The van der Waals surface area contributed by atoms with Crippen molar-refractivity contribution in [2.24, 2.45) is 0 Å². The second kappa shape index (κ2) is 8.90. The highest BCUT2D eigenvalue weighted by molar-refractivity contribution is 7.98. The van der Waals surface area contributed by atoms with Gasteiger partial charge in [0, 0.05) is 16.3 Å². The van der Waals surface area contributed by atoms with Crippen LogP contribution in [0.3, 0.4) is 0 Å². The Morgan fingerprint density at radius 1 is 1.11 bits per heavy atom. The third-order valence-corrected chi connectivity index (χ3v) is 5.10. The van der Waals surface area contributed by atoms with Crippen molar-refractivity contribution >= 4 is 46.6 Å². The van der Waals surface area contributed by atoms with Crippen LogP contribution in [0, 0.1) is 0 Å². The van der Waals surface area contributed by atoms with Gasteiger partial charge >= 0.3 is 0 Å². The molecule has 7 nitrogen and oxygen atoms in total. The molecule has 3 rings (SSSR count). The minimum atomic E-state index is -0.493. The molecule has 28 heavy (non-hydrogen) atoms. The fourth-order valence-electron chi connectivity index (χ4n) is 2.42. The maximum atomic E-state index is 12.5. The van der Waals surface area contributed by atoms with Crippen LogP contribution in [0.4, 0.5) is 11.4 Å². The lowest BCUT2D eigenvalue weighted by Gasteiger charge is -2.13. The number of benzene rings is 2. The van der Waals surface area contributed by atoms with Crippen molar-refractivity contribution in [3.05, 3.63) is 65.7 Å². The molecule has 1 heterocycles. The Morgan fingerprint density at radius 2 is 1.79 bits per heavy atom. The fourth-order valence-corrected chi connectivity index (χ4v) is 3.07. The summed E-state index contributed by atoms with van der Waals surface area (Å²) in [5.74, 6) is -0.513. The summed E-state index contributed by atoms with van der Waals surface area (Å²) in [6.45, 7) is 1.73. The lowest BCUT2D eigenvalue weighted by Crippen LogP contribution is -2.24. The number of thioether (sulfide) groups is 1. The number of halogens is 1. The molecule has 2 aromatic carbocycles. The Morgan fingerprint density at radius 3 is 2.39 bits per heavy atom. The number of carbonyl (C=O) groups is 2. The summed E-state index contributed by atoms with van der Waals surface area (Å²) >= 11 is 7.67. The summed E-state index contributed by atoms with van der Waals surface area (Å²) in [6, 6.07) is 11.7. The summed E-state index contributed by atoms with van der Waals surface area (Å²) in [7, 11) is 0. The summed E-state index contributed by atoms with van der Waals surface area (Å²) in [5.41, 5.74) is 1.61. The van der Waals surface area contributed by atoms with Crippen molar-refractivity contribution in [2.75, 3.05) is 16.9 Å². The van der Waals surface area contributed by atoms with Crippen LogP contribution in [0.15, 0.2) is 60.0 Å². The van der Waals surface area contributed by atoms with Crippen LogP contribution in [0.5, 0.6) is 0 Å². The number of hydrogen-bond acceptors (Lipinski definition) is 5. The first-order valence-electron chi connectivity index (χ1n) is 8.38. The number of nitrogens with one attached hydrogen (secondary N) is 2. The van der Waals surface area contributed by atoms with Crippen LogP contribution in [0.2, 0.25) is 5.02 Å². The largest absolute Gasteiger partial charge is 0.324 e. The van der Waals surface area contributed by atoms with Crippen molar-refractivity contribution in [2.45, 2.75) is 17.9 Å². The van der Waals surface area contributed by atoms with Crippen LogP contribution in [0.1, 0.15) is 23.3 Å². The van der Waals surface area contributed by atoms with Crippen LogP contribution >= 0.6 is 23.4 Å². The third kappa shape index (κ3) is 4.71. The van der Waals surface area contributed by atoms with Crippen molar-refractivity contribution in [1.29, 1.82) is 0 Å². The van der Waals surface area contributed by atoms with Crippen LogP contribution in [-0.4, -0.2) is 32.8 Å². The van der Waals surface area contributed by atoms with Gasteiger partial charge in [-0.15, -0.1) is 11.8 Å². The predicted molar refractivity (Wildman–Crippen MR) is 111 cm³/mol. The number of nitrogens with zero attached hydrogens (tertiary/aromatic N) is 3. The molecule has 0 saturated heterocycles. The molecule has 9 heteroatoms. The normalized spacial score (nSPS) is 11.7. The molecule has 0 saturated carbocycles. The predicted octanol–water partition coefficient (Wildman–Crippen LogP) is 4.11. The smallest absolute Gasteiger partial charge is 0.257 e. The average molecular weight is 416 g/mol. The van der Waals surface area contributed by atoms with Gasteiger partial charge in [-0.05, 0) is 55.6 Å². The van der Waals surface area contributed by atoms with Gasteiger partial charge in [0.2, 0.25) is 5.91 Å². The summed E-state index contributed by atoms with van der Waals surface area (Å²) in [5, 5.41) is 9.96. The van der Waals surface area contributed by atoms with E-state index >= 15 is 0 Å². The van der Waals surface area contributed by atoms with Crippen molar-refractivity contribution in [3.63, 3.8) is 0 Å². The van der Waals surface area contributed by atoms with Gasteiger partial charge < -0.3 is 10.6 Å². The molecule has 0 spiro atoms. The zero-order valence-corrected chi connectivity index (χ0v) is 16.8. The van der Waals surface area contributed by atoms with E-state index < -0.39 is 6.04 Å². The van der Waals surface area contributed by atoms with Crippen LogP contribution in [-0.2, 0) is 4.79 Å². The van der Waals surface area contributed by atoms with Gasteiger partial charge in [-0.1, -0.05) is 11.6 Å². The standard InChI is InChI=1S/C19H18ClN5O2S/c1-12(25-11-21-10-22-25)18(26)23-13-3-5-14(6-4-13)24-19(27)16-9-15(28-2)7-8-17(16)20/h3-12H,1-2H3,(H,23,26)(H,24,27)/t12-/m0/s1. The number of anilines is 2. The molecule has 1 aromatic heterocycles. The van der Waals surface area contributed by atoms with Crippen LogP contribution < -0.4 is 10.6 Å². The highest BCUT2D eigenvalue weighted by atomic mass is 35.5. The number of rotatable bonds is 6. The van der Waals surface area contributed by atoms with E-state index in [1.54, 1.807) is 43.3 Å². The monoisotopic (exact) mass is 415 g/mol. The Bertz CT molecular complexity index is 976. The maximum Gasteiger partial charge on any atom is 0.257 e. The third-order valence-electron chi connectivity index (χ3n) is 4.04. The molecule has 144 valence electrons. The van der Waals surface area contributed by atoms with Gasteiger partial charge in [-0.2, -0.15) is 5.10 Å². The number of aromatic nitrogens is 3. The SMILES string of the molecule is CSc1ccc(Cl)c(C(=O)Nc2ccc(NC(=O)[C@H](C)n3cncn3)cc2)c1. The first-order chi connectivity index (χ1) is 13.5. The van der Waals surface area contributed by atoms with Gasteiger partial charge in [-0.25, -0.2) is 9.67 Å². The van der Waals surface area contributed by atoms with Crippen molar-refractivity contribution in [3.8, 4) is 0 Å². The zero-order valence-electron chi connectivity index (χ0n) is 15.2. The van der Waals surface area contributed by atoms with E-state index in [9.17, 15) is 9.59 Å². The molecule has 0 aliphatic rings. The van der Waals surface area contributed by atoms with E-state index in [4.69, 9.17) is 11.6 Å². The first kappa shape index (κ1) is 19.9. The summed E-state index contributed by atoms with van der Waals surface area (Å²) in [4.78, 5) is 29.6. The van der Waals surface area contributed by atoms with Gasteiger partial charge in [0.1, 0.15) is 18.7 Å². The molecular formula is C19H18ClN5O2S. The Balaban J connectivity index is 1.64. The Hall–Kier alpha value is -2.84. The molecule has 0 unspecified atom stereocenters. The lowest BCUT2D eigenvalue weighted by atomic mass is 10.2. The molecule has 2 amide bonds. The molecule has 0 aliphatic carbocycles. The van der Waals surface area contributed by atoms with Crippen LogP contribution in [0.25, 0.3) is 0 Å². The Kier molecular flexibility index (Phi) is 6.33. The van der Waals surface area contributed by atoms with Crippen molar-refractivity contribution < 1.29 is 9.59 Å². The van der Waals surface area contributed by atoms with Gasteiger partial charge in [0.05, 0.1) is 10.6 Å². The second-order valence-electron chi connectivity index (χ2n) is 5.92. The minimum Gasteiger partial charge on any atom is -0.324 e. The molecule has 1 atom stereocenters. The molecule has 0 aliphatic heterocycles. The van der Waals surface area contributed by atoms with E-state index in [1.807, 2.05) is 12.3 Å². The fraction of sp³-hybridized carbons (Fsp3) is 0.158. The lowest BCUT2D eigenvalue weighted by molar-refractivity contribution is -0.119. The molecular weight excluding hydrogens is 398 g/mol. The quantitative estimate of drug-likeness (QED) is 0.591. The molecule has 3 aromatic rings. The van der Waals surface area contributed by atoms with Gasteiger partial charge in [-0.3, -0.25) is 9.59 Å². The maximum absolute atomic E-state index is 12.5. The summed E-state index contributed by atoms with van der Waals surface area (Å²) < 4.78 is 1.47. The van der Waals surface area contributed by atoms with E-state index in [-0.39, 0.29) is 11.8 Å². The van der Waals surface area contributed by atoms with Crippen molar-refractivity contribution in [1.82, 2.24) is 14.8 Å².